The summed E-state index contributed by atoms with van der Waals surface area (Å²) >= 11 is 0. The van der Waals surface area contributed by atoms with Gasteiger partial charge in [0.2, 0.25) is 0 Å². The normalized spacial score (nSPS) is 21.6. The van der Waals surface area contributed by atoms with Crippen molar-refractivity contribution in [2.75, 3.05) is 0 Å². The molecule has 1 aliphatic rings. The molecule has 0 aliphatic heterocycles. The molecule has 3 atom stereocenters. The van der Waals surface area contributed by atoms with E-state index in [2.05, 4.69) is 41.5 Å². The summed E-state index contributed by atoms with van der Waals surface area (Å²) in [6.07, 6.45) is 4.12. The van der Waals surface area contributed by atoms with E-state index in [9.17, 15) is 5.11 Å². The highest BCUT2D eigenvalue weighted by atomic mass is 16.3. The van der Waals surface area contributed by atoms with Crippen LogP contribution in [0.1, 0.15) is 50.4 Å². The summed E-state index contributed by atoms with van der Waals surface area (Å²) in [6, 6.07) is 9.29. The first-order chi connectivity index (χ1) is 9.65. The molecule has 0 radical (unpaired) electrons. The largest absolute Gasteiger partial charge is 0.393 e. The van der Waals surface area contributed by atoms with Crippen LogP contribution in [-0.2, 0) is 6.42 Å². The Hall–Kier alpha value is -1.32. The van der Waals surface area contributed by atoms with Crippen LogP contribution in [0.2, 0.25) is 0 Å². The van der Waals surface area contributed by atoms with Crippen LogP contribution < -0.4 is 5.32 Å². The molecule has 3 N–H and O–H groups in total. The molecule has 0 fully saturated rings. The summed E-state index contributed by atoms with van der Waals surface area (Å²) in [6.45, 7) is 4.01. The maximum atomic E-state index is 9.51. The van der Waals surface area contributed by atoms with Gasteiger partial charge < -0.3 is 15.4 Å². The molecule has 0 bridgehead atoms. The third kappa shape index (κ3) is 2.60. The van der Waals surface area contributed by atoms with Crippen LogP contribution in [0.5, 0.6) is 0 Å². The van der Waals surface area contributed by atoms with Crippen molar-refractivity contribution in [1.29, 1.82) is 0 Å². The predicted molar refractivity (Wildman–Crippen MR) is 82.9 cm³/mol. The van der Waals surface area contributed by atoms with Crippen molar-refractivity contribution in [1.82, 2.24) is 10.3 Å². The molecule has 0 saturated heterocycles. The Labute approximate surface area is 120 Å². The highest BCUT2D eigenvalue weighted by molar-refractivity contribution is 5.85. The third-order valence-electron chi connectivity index (χ3n) is 4.30. The SMILES string of the molecule is CC(O)CC(C)NC1CCCc2c1[nH]c1ccccc21. The minimum atomic E-state index is -0.247. The maximum absolute atomic E-state index is 9.51. The molecule has 3 unspecified atom stereocenters. The summed E-state index contributed by atoms with van der Waals surface area (Å²) in [4.78, 5) is 3.60. The van der Waals surface area contributed by atoms with Crippen molar-refractivity contribution < 1.29 is 5.11 Å². The Kier molecular flexibility index (Phi) is 3.81. The number of nitrogens with one attached hydrogen (secondary N) is 2. The highest BCUT2D eigenvalue weighted by Crippen LogP contribution is 2.34. The van der Waals surface area contributed by atoms with Gasteiger partial charge in [0.15, 0.2) is 0 Å². The zero-order valence-electron chi connectivity index (χ0n) is 12.3. The summed E-state index contributed by atoms with van der Waals surface area (Å²) in [5.74, 6) is 0. The van der Waals surface area contributed by atoms with Gasteiger partial charge in [-0.2, -0.15) is 0 Å². The van der Waals surface area contributed by atoms with Crippen molar-refractivity contribution in [3.05, 3.63) is 35.5 Å². The van der Waals surface area contributed by atoms with E-state index in [1.54, 1.807) is 0 Å². The van der Waals surface area contributed by atoms with E-state index in [0.29, 0.717) is 12.1 Å². The van der Waals surface area contributed by atoms with E-state index in [0.717, 1.165) is 6.42 Å². The quantitative estimate of drug-likeness (QED) is 0.800. The van der Waals surface area contributed by atoms with Gasteiger partial charge in [0, 0.05) is 28.7 Å². The van der Waals surface area contributed by atoms with Gasteiger partial charge in [-0.25, -0.2) is 0 Å². The minimum Gasteiger partial charge on any atom is -0.393 e. The fourth-order valence-electron chi connectivity index (χ4n) is 3.50. The van der Waals surface area contributed by atoms with Crippen LogP contribution in [0.25, 0.3) is 10.9 Å². The number of aliphatic hydroxyl groups excluding tert-OH is 1. The smallest absolute Gasteiger partial charge is 0.0526 e. The van der Waals surface area contributed by atoms with Gasteiger partial charge >= 0.3 is 0 Å². The number of rotatable bonds is 4. The van der Waals surface area contributed by atoms with Gasteiger partial charge in [0.25, 0.3) is 0 Å². The lowest BCUT2D eigenvalue weighted by Crippen LogP contribution is -2.34. The van der Waals surface area contributed by atoms with Gasteiger partial charge in [0.1, 0.15) is 0 Å². The van der Waals surface area contributed by atoms with Crippen molar-refractivity contribution in [2.45, 2.75) is 57.7 Å². The van der Waals surface area contributed by atoms with Crippen molar-refractivity contribution >= 4 is 10.9 Å². The monoisotopic (exact) mass is 272 g/mol. The minimum absolute atomic E-state index is 0.247. The number of aliphatic hydroxyl groups is 1. The number of aryl methyl sites for hydroxylation is 1. The first-order valence-electron chi connectivity index (χ1n) is 7.68. The number of fused-ring (bicyclic) bond motifs is 3. The summed E-state index contributed by atoms with van der Waals surface area (Å²) in [7, 11) is 0. The van der Waals surface area contributed by atoms with Crippen molar-refractivity contribution in [2.24, 2.45) is 0 Å². The van der Waals surface area contributed by atoms with Crippen LogP contribution >= 0.6 is 0 Å². The Morgan fingerprint density at radius 1 is 1.35 bits per heavy atom. The summed E-state index contributed by atoms with van der Waals surface area (Å²) < 4.78 is 0. The molecule has 0 amide bonds. The van der Waals surface area contributed by atoms with E-state index in [1.165, 1.54) is 41.4 Å². The fraction of sp³-hybridized carbons (Fsp3) is 0.529. The Morgan fingerprint density at radius 3 is 2.95 bits per heavy atom. The lowest BCUT2D eigenvalue weighted by molar-refractivity contribution is 0.166. The molecule has 0 spiro atoms. The van der Waals surface area contributed by atoms with Gasteiger partial charge in [0.05, 0.1) is 6.10 Å². The van der Waals surface area contributed by atoms with Gasteiger partial charge in [-0.3, -0.25) is 0 Å². The van der Waals surface area contributed by atoms with Gasteiger partial charge in [-0.05, 0) is 51.2 Å². The molecule has 3 heteroatoms. The molecular formula is C17H24N2O. The molecule has 20 heavy (non-hydrogen) atoms. The molecule has 1 heterocycles. The first-order valence-corrected chi connectivity index (χ1v) is 7.68. The first kappa shape index (κ1) is 13.7. The Bertz CT molecular complexity index is 588. The van der Waals surface area contributed by atoms with E-state index in [4.69, 9.17) is 0 Å². The number of hydrogen-bond acceptors (Lipinski definition) is 2. The highest BCUT2D eigenvalue weighted by Gasteiger charge is 2.25. The molecule has 1 aromatic carbocycles. The summed E-state index contributed by atoms with van der Waals surface area (Å²) in [5, 5.41) is 14.6. The molecular weight excluding hydrogens is 248 g/mol. The molecule has 0 saturated carbocycles. The number of H-pyrrole nitrogens is 1. The van der Waals surface area contributed by atoms with Gasteiger partial charge in [-0.1, -0.05) is 18.2 Å². The average molecular weight is 272 g/mol. The van der Waals surface area contributed by atoms with E-state index in [-0.39, 0.29) is 6.10 Å². The van der Waals surface area contributed by atoms with Crippen molar-refractivity contribution in [3.63, 3.8) is 0 Å². The Balaban J connectivity index is 1.86. The van der Waals surface area contributed by atoms with E-state index < -0.39 is 0 Å². The topological polar surface area (TPSA) is 48.0 Å². The third-order valence-corrected chi connectivity index (χ3v) is 4.30. The van der Waals surface area contributed by atoms with Crippen LogP contribution in [0.4, 0.5) is 0 Å². The molecule has 3 nitrogen and oxygen atoms in total. The van der Waals surface area contributed by atoms with E-state index >= 15 is 0 Å². The maximum Gasteiger partial charge on any atom is 0.0526 e. The fourth-order valence-corrected chi connectivity index (χ4v) is 3.50. The lowest BCUT2D eigenvalue weighted by atomic mass is 9.91. The number of aromatic nitrogens is 1. The molecule has 2 aromatic rings. The zero-order valence-corrected chi connectivity index (χ0v) is 12.3. The standard InChI is InChI=1S/C17H24N2O/c1-11(10-12(2)20)18-16-9-5-7-14-13-6-3-4-8-15(13)19-17(14)16/h3-4,6,8,11-12,16,18-20H,5,7,9-10H2,1-2H3. The van der Waals surface area contributed by atoms with Crippen LogP contribution in [0.15, 0.2) is 24.3 Å². The number of para-hydroxylation sites is 1. The zero-order chi connectivity index (χ0) is 14.1. The van der Waals surface area contributed by atoms with Crippen LogP contribution in [0, 0.1) is 0 Å². The molecule has 1 aliphatic carbocycles. The number of benzene rings is 1. The van der Waals surface area contributed by atoms with Crippen LogP contribution in [0.3, 0.4) is 0 Å². The number of aromatic amines is 1. The molecule has 1 aromatic heterocycles. The second-order valence-electron chi connectivity index (χ2n) is 6.16. The summed E-state index contributed by atoms with van der Waals surface area (Å²) in [5.41, 5.74) is 4.08. The molecule has 108 valence electrons. The lowest BCUT2D eigenvalue weighted by Gasteiger charge is -2.27. The number of hydrogen-bond donors (Lipinski definition) is 3. The van der Waals surface area contributed by atoms with Crippen LogP contribution in [-0.4, -0.2) is 22.2 Å². The average Bonchev–Trinajstić information content (AvgIpc) is 2.78. The Morgan fingerprint density at radius 2 is 2.15 bits per heavy atom. The van der Waals surface area contributed by atoms with Crippen molar-refractivity contribution in [3.8, 4) is 0 Å². The van der Waals surface area contributed by atoms with Gasteiger partial charge in [-0.15, -0.1) is 0 Å². The second kappa shape index (κ2) is 5.58. The van der Waals surface area contributed by atoms with E-state index in [1.807, 2.05) is 6.92 Å². The molecule has 3 rings (SSSR count). The predicted octanol–water partition coefficient (Wildman–Crippen LogP) is 3.29. The second-order valence-corrected chi connectivity index (χ2v) is 6.16.